The summed E-state index contributed by atoms with van der Waals surface area (Å²) >= 11 is 0. The predicted octanol–water partition coefficient (Wildman–Crippen LogP) is 14.2. The highest BCUT2D eigenvalue weighted by molar-refractivity contribution is 6.04. The summed E-state index contributed by atoms with van der Waals surface area (Å²) in [7, 11) is 3.71. The van der Waals surface area contributed by atoms with Crippen LogP contribution in [0, 0.1) is 0 Å². The first-order valence-electron chi connectivity index (χ1n) is 22.9. The number of methoxy groups -OCH3 is 2. The maximum atomic E-state index is 6.20. The molecule has 300 valence electrons. The number of hydrogen-bond donors (Lipinski definition) is 0. The fourth-order valence-corrected chi connectivity index (χ4v) is 8.27. The van der Waals surface area contributed by atoms with Crippen LogP contribution in [0.25, 0.3) is 6.08 Å². The van der Waals surface area contributed by atoms with Crippen LogP contribution < -0.4 is 9.64 Å². The molecule has 0 spiro atoms. The SMILES string of the molecule is CCCCCCCCN(CCCCCCCC)c1cc2c(c(OC)c1)C=C1C(=CC(=[N+](CCCCCCCC)CCCCCCCC)C=C1OC)CC2. The first kappa shape index (κ1) is 44.9. The van der Waals surface area contributed by atoms with Crippen LogP contribution in [-0.2, 0) is 11.2 Å². The molecule has 0 saturated heterocycles. The average molecular weight is 732 g/mol. The van der Waals surface area contributed by atoms with Gasteiger partial charge in [0.25, 0.3) is 0 Å². The van der Waals surface area contributed by atoms with Gasteiger partial charge in [-0.3, -0.25) is 0 Å². The van der Waals surface area contributed by atoms with Gasteiger partial charge in [0.05, 0.1) is 20.3 Å². The Balaban J connectivity index is 1.86. The van der Waals surface area contributed by atoms with E-state index < -0.39 is 0 Å². The number of hydrogen-bond acceptors (Lipinski definition) is 3. The Bertz CT molecular complexity index is 1240. The Morgan fingerprint density at radius 2 is 1.02 bits per heavy atom. The molecule has 1 aromatic rings. The van der Waals surface area contributed by atoms with Crippen molar-refractivity contribution in [2.45, 2.75) is 195 Å². The van der Waals surface area contributed by atoms with Crippen molar-refractivity contribution in [2.24, 2.45) is 0 Å². The van der Waals surface area contributed by atoms with Gasteiger partial charge in [-0.25, -0.2) is 4.58 Å². The van der Waals surface area contributed by atoms with Crippen molar-refractivity contribution < 1.29 is 14.0 Å². The highest BCUT2D eigenvalue weighted by Gasteiger charge is 2.27. The van der Waals surface area contributed by atoms with Gasteiger partial charge in [0.15, 0.2) is 0 Å². The molecule has 0 aliphatic heterocycles. The second-order valence-electron chi connectivity index (χ2n) is 16.1. The van der Waals surface area contributed by atoms with Crippen molar-refractivity contribution in [3.63, 3.8) is 0 Å². The topological polar surface area (TPSA) is 24.7 Å². The lowest BCUT2D eigenvalue weighted by molar-refractivity contribution is -0.527. The van der Waals surface area contributed by atoms with E-state index in [1.807, 2.05) is 14.2 Å². The molecule has 0 bridgehead atoms. The molecule has 0 N–H and O–H groups in total. The minimum atomic E-state index is 1.00. The van der Waals surface area contributed by atoms with Gasteiger partial charge in [-0.15, -0.1) is 0 Å². The molecular weight excluding hydrogens is 649 g/mol. The van der Waals surface area contributed by atoms with E-state index in [2.05, 4.69) is 67.5 Å². The van der Waals surface area contributed by atoms with Crippen LogP contribution in [0.2, 0.25) is 0 Å². The molecular formula is C49H83N2O2+. The normalized spacial score (nSPS) is 13.8. The fraction of sp³-hybridized carbons (Fsp3) is 0.735. The van der Waals surface area contributed by atoms with Crippen molar-refractivity contribution in [3.8, 4) is 5.75 Å². The number of unbranched alkanes of at least 4 members (excludes halogenated alkanes) is 20. The Morgan fingerprint density at radius 1 is 0.528 bits per heavy atom. The van der Waals surface area contributed by atoms with E-state index in [-0.39, 0.29) is 0 Å². The summed E-state index contributed by atoms with van der Waals surface area (Å²) in [6.45, 7) is 13.8. The van der Waals surface area contributed by atoms with Crippen molar-refractivity contribution in [1.82, 2.24) is 0 Å². The third-order valence-corrected chi connectivity index (χ3v) is 11.7. The first-order chi connectivity index (χ1) is 26.1. The van der Waals surface area contributed by atoms with Gasteiger partial charge in [-0.2, -0.15) is 0 Å². The fourth-order valence-electron chi connectivity index (χ4n) is 8.27. The lowest BCUT2D eigenvalue weighted by Gasteiger charge is -2.27. The van der Waals surface area contributed by atoms with Crippen LogP contribution in [-0.4, -0.2) is 50.7 Å². The summed E-state index contributed by atoms with van der Waals surface area (Å²) in [4.78, 5) is 2.68. The number of rotatable bonds is 31. The van der Waals surface area contributed by atoms with Crippen LogP contribution in [0.1, 0.15) is 199 Å². The van der Waals surface area contributed by atoms with Crippen LogP contribution in [0.15, 0.2) is 41.2 Å². The van der Waals surface area contributed by atoms with E-state index in [0.717, 1.165) is 50.5 Å². The van der Waals surface area contributed by atoms with Crippen LogP contribution in [0.3, 0.4) is 0 Å². The smallest absolute Gasteiger partial charge is 0.203 e. The zero-order chi connectivity index (χ0) is 37.9. The first-order valence-corrected chi connectivity index (χ1v) is 22.9. The van der Waals surface area contributed by atoms with E-state index in [4.69, 9.17) is 9.47 Å². The molecule has 0 heterocycles. The van der Waals surface area contributed by atoms with Crippen molar-refractivity contribution in [1.29, 1.82) is 0 Å². The van der Waals surface area contributed by atoms with Crippen molar-refractivity contribution in [3.05, 3.63) is 52.3 Å². The van der Waals surface area contributed by atoms with E-state index in [0.29, 0.717) is 0 Å². The predicted molar refractivity (Wildman–Crippen MR) is 233 cm³/mol. The highest BCUT2D eigenvalue weighted by atomic mass is 16.5. The third-order valence-electron chi connectivity index (χ3n) is 11.7. The summed E-state index contributed by atoms with van der Waals surface area (Å²) in [5.74, 6) is 2.00. The number of fused-ring (bicyclic) bond motifs is 2. The summed E-state index contributed by atoms with van der Waals surface area (Å²) in [6.07, 6.45) is 41.3. The molecule has 1 aromatic carbocycles. The van der Waals surface area contributed by atoms with Crippen LogP contribution in [0.4, 0.5) is 5.69 Å². The molecule has 0 amide bonds. The summed E-state index contributed by atoms with van der Waals surface area (Å²) in [5, 5.41) is 0. The van der Waals surface area contributed by atoms with Gasteiger partial charge in [0.2, 0.25) is 5.71 Å². The van der Waals surface area contributed by atoms with E-state index in [1.165, 1.54) is 188 Å². The molecule has 2 aliphatic carbocycles. The minimum absolute atomic E-state index is 1.00. The molecule has 0 atom stereocenters. The summed E-state index contributed by atoms with van der Waals surface area (Å²) in [6, 6.07) is 4.84. The maximum Gasteiger partial charge on any atom is 0.203 e. The lowest BCUT2D eigenvalue weighted by Crippen LogP contribution is -2.26. The van der Waals surface area contributed by atoms with Gasteiger partial charge >= 0.3 is 0 Å². The quantitative estimate of drug-likeness (QED) is 0.0561. The van der Waals surface area contributed by atoms with Gasteiger partial charge in [-0.05, 0) is 61.8 Å². The maximum absolute atomic E-state index is 6.20. The third kappa shape index (κ3) is 16.4. The second kappa shape index (κ2) is 28.0. The Hall–Kier alpha value is -2.49. The minimum Gasteiger partial charge on any atom is -0.496 e. The molecule has 3 rings (SSSR count). The zero-order valence-electron chi connectivity index (χ0n) is 35.8. The largest absolute Gasteiger partial charge is 0.496 e. The number of allylic oxidation sites excluding steroid dienone is 3. The summed E-state index contributed by atoms with van der Waals surface area (Å²) in [5.41, 5.74) is 7.97. The van der Waals surface area contributed by atoms with Gasteiger partial charge in [0, 0.05) is 54.9 Å². The Kier molecular flexibility index (Phi) is 23.7. The van der Waals surface area contributed by atoms with Crippen LogP contribution in [0.5, 0.6) is 5.75 Å². The average Bonchev–Trinajstić information content (AvgIpc) is 3.37. The van der Waals surface area contributed by atoms with Gasteiger partial charge < -0.3 is 14.4 Å². The number of anilines is 1. The van der Waals surface area contributed by atoms with Crippen molar-refractivity contribution >= 4 is 17.5 Å². The molecule has 0 saturated carbocycles. The molecule has 4 nitrogen and oxygen atoms in total. The van der Waals surface area contributed by atoms with Gasteiger partial charge in [0.1, 0.15) is 24.6 Å². The molecule has 53 heavy (non-hydrogen) atoms. The number of nitrogens with zero attached hydrogens (tertiary/aromatic N) is 2. The highest BCUT2D eigenvalue weighted by Crippen LogP contribution is 2.40. The molecule has 0 radical (unpaired) electrons. The zero-order valence-corrected chi connectivity index (χ0v) is 35.8. The number of aryl methyl sites for hydroxylation is 1. The monoisotopic (exact) mass is 732 g/mol. The van der Waals surface area contributed by atoms with Crippen LogP contribution >= 0.6 is 0 Å². The molecule has 0 unspecified atom stereocenters. The summed E-state index contributed by atoms with van der Waals surface area (Å²) < 4.78 is 15.1. The molecule has 4 heteroatoms. The van der Waals surface area contributed by atoms with E-state index >= 15 is 0 Å². The standard InChI is InChI=1S/C49H83N2O2/c1-7-11-15-19-23-27-33-50(34-28-24-20-16-12-8-2)44-37-42-31-32-43-38-45(40-49(53-6)47(43)41-46(42)48(39-44)52-5)51(35-29-25-21-17-13-9-3)36-30-26-22-18-14-10-4/h37-41H,7-36H2,1-6H3/q+1. The molecule has 2 aliphatic rings. The Morgan fingerprint density at radius 3 is 1.51 bits per heavy atom. The van der Waals surface area contributed by atoms with Crippen molar-refractivity contribution in [2.75, 3.05) is 45.3 Å². The second-order valence-corrected chi connectivity index (χ2v) is 16.1. The number of ether oxygens (including phenoxy) is 2. The molecule has 0 aromatic heterocycles. The number of benzene rings is 1. The molecule has 0 fully saturated rings. The van der Waals surface area contributed by atoms with E-state index in [9.17, 15) is 0 Å². The van der Waals surface area contributed by atoms with E-state index in [1.54, 1.807) is 0 Å². The Labute approximate surface area is 328 Å². The van der Waals surface area contributed by atoms with Gasteiger partial charge in [-0.1, -0.05) is 143 Å². The lowest BCUT2D eigenvalue weighted by atomic mass is 9.93.